The summed E-state index contributed by atoms with van der Waals surface area (Å²) in [5.74, 6) is 0.469. The molecule has 0 fully saturated rings. The lowest BCUT2D eigenvalue weighted by Gasteiger charge is -2.28. The van der Waals surface area contributed by atoms with Crippen molar-refractivity contribution >= 4 is 29.0 Å². The zero-order valence-electron chi connectivity index (χ0n) is 30.2. The molecule has 55 heavy (non-hydrogen) atoms. The van der Waals surface area contributed by atoms with Gasteiger partial charge in [-0.05, 0) is 80.4 Å². The summed E-state index contributed by atoms with van der Waals surface area (Å²) in [5, 5.41) is 11.9. The summed E-state index contributed by atoms with van der Waals surface area (Å²) in [5.41, 5.74) is 4.15. The van der Waals surface area contributed by atoms with Crippen molar-refractivity contribution in [3.63, 3.8) is 0 Å². The first-order chi connectivity index (χ1) is 26.6. The van der Waals surface area contributed by atoms with Gasteiger partial charge in [0.1, 0.15) is 28.9 Å². The Labute approximate surface area is 315 Å². The van der Waals surface area contributed by atoms with Crippen LogP contribution >= 0.6 is 0 Å². The Kier molecular flexibility index (Phi) is 10.5. The maximum atomic E-state index is 14.5. The van der Waals surface area contributed by atoms with Crippen LogP contribution in [0.15, 0.2) is 134 Å². The summed E-state index contributed by atoms with van der Waals surface area (Å²) < 4.78 is 37.5. The second kappa shape index (κ2) is 15.9. The highest BCUT2D eigenvalue weighted by atomic mass is 19.1. The third kappa shape index (κ3) is 8.60. The zero-order valence-corrected chi connectivity index (χ0v) is 30.2. The SMILES string of the molecule is CC(C)(C)OC(=O)N(Cc1ccncc1)c1cc(-c2ccccc2F)nc2ccnn12.Fc1ccccc1-c1cc(NCc2ccncc2)n2nccc2n1. The smallest absolute Gasteiger partial charge is 0.416 e. The fraction of sp³-hybridized carbons (Fsp3) is 0.146. The van der Waals surface area contributed by atoms with Crippen molar-refractivity contribution in [2.75, 3.05) is 10.2 Å². The summed E-state index contributed by atoms with van der Waals surface area (Å²) in [6.45, 7) is 6.23. The van der Waals surface area contributed by atoms with Gasteiger partial charge in [-0.3, -0.25) is 14.9 Å². The van der Waals surface area contributed by atoms with Crippen molar-refractivity contribution in [3.8, 4) is 22.5 Å². The van der Waals surface area contributed by atoms with E-state index in [0.717, 1.165) is 16.9 Å². The minimum Gasteiger partial charge on any atom is -0.443 e. The first-order valence-electron chi connectivity index (χ1n) is 17.3. The Morgan fingerprint density at radius 1 is 0.691 bits per heavy atom. The van der Waals surface area contributed by atoms with Crippen LogP contribution in [0, 0.1) is 11.6 Å². The molecule has 14 heteroatoms. The molecule has 0 saturated carbocycles. The van der Waals surface area contributed by atoms with Crippen LogP contribution in [-0.4, -0.2) is 50.9 Å². The number of ether oxygens (including phenoxy) is 1. The number of fused-ring (bicyclic) bond motifs is 2. The van der Waals surface area contributed by atoms with Gasteiger partial charge in [-0.2, -0.15) is 19.2 Å². The molecule has 8 rings (SSSR count). The molecule has 0 radical (unpaired) electrons. The number of anilines is 2. The Morgan fingerprint density at radius 3 is 1.80 bits per heavy atom. The fourth-order valence-electron chi connectivity index (χ4n) is 5.66. The normalized spacial score (nSPS) is 11.2. The third-order valence-corrected chi connectivity index (χ3v) is 8.20. The van der Waals surface area contributed by atoms with E-state index in [-0.39, 0.29) is 12.4 Å². The monoisotopic (exact) mass is 738 g/mol. The van der Waals surface area contributed by atoms with Crippen molar-refractivity contribution in [2.24, 2.45) is 0 Å². The number of aromatic nitrogens is 8. The summed E-state index contributed by atoms with van der Waals surface area (Å²) in [7, 11) is 0. The van der Waals surface area contributed by atoms with Gasteiger partial charge in [-0.15, -0.1) is 0 Å². The van der Waals surface area contributed by atoms with Crippen LogP contribution in [-0.2, 0) is 17.8 Å². The van der Waals surface area contributed by atoms with Crippen LogP contribution < -0.4 is 10.2 Å². The Morgan fingerprint density at radius 2 is 1.22 bits per heavy atom. The molecule has 1 N–H and O–H groups in total. The average Bonchev–Trinajstić information content (AvgIpc) is 3.87. The van der Waals surface area contributed by atoms with E-state index >= 15 is 0 Å². The second-order valence-corrected chi connectivity index (χ2v) is 13.3. The Bertz CT molecular complexity index is 2550. The van der Waals surface area contributed by atoms with E-state index in [1.807, 2.05) is 24.3 Å². The van der Waals surface area contributed by atoms with E-state index in [0.29, 0.717) is 46.2 Å². The standard InChI is InChI=1S/C23H22FN5O2.C18H14FN5/c1-23(2,3)31-22(30)28(15-16-8-11-25-12-9-16)21-14-19(17-6-4-5-7-18(17)24)27-20-10-13-26-29(20)21;19-15-4-2-1-3-14(15)16-11-18(24-17(23-16)7-10-22-24)21-12-13-5-8-20-9-6-13/h4-14H,15H2,1-3H3;1-11,21H,12H2. The van der Waals surface area contributed by atoms with Crippen molar-refractivity contribution in [1.29, 1.82) is 0 Å². The van der Waals surface area contributed by atoms with Gasteiger partial charge in [0.25, 0.3) is 0 Å². The van der Waals surface area contributed by atoms with Crippen molar-refractivity contribution < 1.29 is 18.3 Å². The number of nitrogens with one attached hydrogen (secondary N) is 1. The third-order valence-electron chi connectivity index (χ3n) is 8.20. The molecule has 276 valence electrons. The molecule has 0 aliphatic heterocycles. The van der Waals surface area contributed by atoms with Crippen molar-refractivity contribution in [2.45, 2.75) is 39.5 Å². The highest BCUT2D eigenvalue weighted by molar-refractivity contribution is 5.88. The number of amides is 1. The van der Waals surface area contributed by atoms with Crippen LogP contribution in [0.5, 0.6) is 0 Å². The molecule has 0 bridgehead atoms. The van der Waals surface area contributed by atoms with Gasteiger partial charge in [0.15, 0.2) is 11.3 Å². The van der Waals surface area contributed by atoms with E-state index in [2.05, 4.69) is 35.5 Å². The lowest BCUT2D eigenvalue weighted by molar-refractivity contribution is 0.0575. The number of hydrogen-bond donors (Lipinski definition) is 1. The number of pyridine rings is 2. The summed E-state index contributed by atoms with van der Waals surface area (Å²) in [4.78, 5) is 31.7. The molecule has 2 aromatic carbocycles. The van der Waals surface area contributed by atoms with Gasteiger partial charge in [0, 0.05) is 66.7 Å². The van der Waals surface area contributed by atoms with Gasteiger partial charge in [-0.1, -0.05) is 24.3 Å². The van der Waals surface area contributed by atoms with Gasteiger partial charge >= 0.3 is 6.09 Å². The van der Waals surface area contributed by atoms with E-state index in [1.165, 1.54) is 21.5 Å². The molecule has 0 saturated heterocycles. The van der Waals surface area contributed by atoms with Gasteiger partial charge in [0.2, 0.25) is 0 Å². The van der Waals surface area contributed by atoms with Gasteiger partial charge in [0.05, 0.1) is 30.3 Å². The fourth-order valence-corrected chi connectivity index (χ4v) is 5.66. The second-order valence-electron chi connectivity index (χ2n) is 13.3. The van der Waals surface area contributed by atoms with E-state index in [1.54, 1.807) is 123 Å². The lowest BCUT2D eigenvalue weighted by Crippen LogP contribution is -2.37. The number of carbonyl (C=O) groups is 1. The molecule has 8 aromatic rings. The van der Waals surface area contributed by atoms with Crippen LogP contribution in [0.3, 0.4) is 0 Å². The summed E-state index contributed by atoms with van der Waals surface area (Å²) in [6.07, 6.45) is 9.51. The predicted molar refractivity (Wildman–Crippen MR) is 205 cm³/mol. The highest BCUT2D eigenvalue weighted by Gasteiger charge is 2.27. The first kappa shape index (κ1) is 36.3. The van der Waals surface area contributed by atoms with Crippen molar-refractivity contribution in [1.82, 2.24) is 39.2 Å². The minimum absolute atomic E-state index is 0.215. The highest BCUT2D eigenvalue weighted by Crippen LogP contribution is 2.29. The average molecular weight is 739 g/mol. The summed E-state index contributed by atoms with van der Waals surface area (Å²) in [6, 6.07) is 27.4. The Hall–Kier alpha value is -7.09. The van der Waals surface area contributed by atoms with E-state index in [9.17, 15) is 13.6 Å². The molecule has 0 spiro atoms. The van der Waals surface area contributed by atoms with Crippen LogP contribution in [0.2, 0.25) is 0 Å². The summed E-state index contributed by atoms with van der Waals surface area (Å²) >= 11 is 0. The van der Waals surface area contributed by atoms with Crippen LogP contribution in [0.4, 0.5) is 25.2 Å². The molecular weight excluding hydrogens is 703 g/mol. The van der Waals surface area contributed by atoms with Crippen LogP contribution in [0.25, 0.3) is 33.8 Å². The minimum atomic E-state index is -0.696. The van der Waals surface area contributed by atoms with Crippen LogP contribution in [0.1, 0.15) is 31.9 Å². The predicted octanol–water partition coefficient (Wildman–Crippen LogP) is 8.41. The van der Waals surface area contributed by atoms with E-state index < -0.39 is 17.5 Å². The maximum absolute atomic E-state index is 14.5. The molecule has 0 aliphatic carbocycles. The quantitative estimate of drug-likeness (QED) is 0.163. The number of carbonyl (C=O) groups excluding carboxylic acids is 1. The Balaban J connectivity index is 0.000000174. The largest absolute Gasteiger partial charge is 0.443 e. The molecule has 12 nitrogen and oxygen atoms in total. The van der Waals surface area contributed by atoms with E-state index in [4.69, 9.17) is 4.74 Å². The molecule has 1 amide bonds. The number of benzene rings is 2. The molecule has 0 atom stereocenters. The molecule has 0 aliphatic rings. The number of halogens is 2. The zero-order chi connectivity index (χ0) is 38.4. The topological polar surface area (TPSA) is 128 Å². The number of hydrogen-bond acceptors (Lipinski definition) is 9. The van der Waals surface area contributed by atoms with Gasteiger partial charge < -0.3 is 10.1 Å². The molecule has 0 unspecified atom stereocenters. The van der Waals surface area contributed by atoms with Gasteiger partial charge in [-0.25, -0.2) is 23.5 Å². The van der Waals surface area contributed by atoms with Crippen molar-refractivity contribution in [3.05, 3.63) is 157 Å². The first-order valence-corrected chi connectivity index (χ1v) is 17.3. The molecule has 6 aromatic heterocycles. The maximum Gasteiger partial charge on any atom is 0.416 e. The number of rotatable bonds is 8. The molecule has 6 heterocycles. The molecular formula is C41H36F2N10O2. The number of nitrogens with zero attached hydrogens (tertiary/aromatic N) is 9. The lowest BCUT2D eigenvalue weighted by atomic mass is 10.1.